The Morgan fingerprint density at radius 3 is 2.25 bits per heavy atom. The molecule has 0 aliphatic rings. The van der Waals surface area contributed by atoms with Crippen molar-refractivity contribution in [3.8, 4) is 17.2 Å². The number of ether oxygens (including phenoxy) is 1. The van der Waals surface area contributed by atoms with Gasteiger partial charge in [0.1, 0.15) is 10.6 Å². The molecule has 0 atom stereocenters. The molecular formula is C21H13Cl4N3O3S. The van der Waals surface area contributed by atoms with Crippen LogP contribution in [0, 0.1) is 0 Å². The molecule has 1 aromatic heterocycles. The average Bonchev–Trinajstić information content (AvgIpc) is 3.18. The molecule has 0 spiro atoms. The van der Waals surface area contributed by atoms with Crippen LogP contribution in [0.4, 0.5) is 5.69 Å². The van der Waals surface area contributed by atoms with Crippen molar-refractivity contribution in [2.45, 2.75) is 4.90 Å². The molecule has 0 saturated heterocycles. The minimum Gasteiger partial charge on any atom is -0.452 e. The molecule has 11 heteroatoms. The minimum absolute atomic E-state index is 0.00810. The van der Waals surface area contributed by atoms with Crippen molar-refractivity contribution in [3.05, 3.63) is 93.1 Å². The van der Waals surface area contributed by atoms with Crippen molar-refractivity contribution in [2.24, 2.45) is 0 Å². The molecule has 164 valence electrons. The Morgan fingerprint density at radius 1 is 0.844 bits per heavy atom. The number of nitrogens with one attached hydrogen (secondary N) is 1. The van der Waals surface area contributed by atoms with E-state index in [2.05, 4.69) is 9.82 Å². The van der Waals surface area contributed by atoms with E-state index in [1.807, 2.05) is 12.1 Å². The molecule has 4 rings (SSSR count). The number of benzene rings is 3. The van der Waals surface area contributed by atoms with E-state index in [1.54, 1.807) is 29.1 Å². The standard InChI is InChI=1S/C21H13Cl4N3O3S/c22-13-1-5-16(6-2-13)28-12-17(11-26-28)31-20-7-4-15(10-18(20)24)27-32(29,30)21-8-3-14(23)9-19(21)25/h1-12,27H. The largest absolute Gasteiger partial charge is 0.452 e. The Balaban J connectivity index is 1.51. The quantitative estimate of drug-likeness (QED) is 0.290. The summed E-state index contributed by atoms with van der Waals surface area (Å²) in [5.41, 5.74) is 1.05. The van der Waals surface area contributed by atoms with Crippen LogP contribution in [0.1, 0.15) is 0 Å². The average molecular weight is 529 g/mol. The highest BCUT2D eigenvalue weighted by Crippen LogP contribution is 2.33. The topological polar surface area (TPSA) is 73.2 Å². The van der Waals surface area contributed by atoms with Gasteiger partial charge >= 0.3 is 0 Å². The van der Waals surface area contributed by atoms with E-state index in [1.165, 1.54) is 36.5 Å². The van der Waals surface area contributed by atoms with Crippen molar-refractivity contribution >= 4 is 62.1 Å². The molecule has 0 amide bonds. The van der Waals surface area contributed by atoms with Gasteiger partial charge in [-0.15, -0.1) is 0 Å². The van der Waals surface area contributed by atoms with E-state index in [0.29, 0.717) is 21.5 Å². The van der Waals surface area contributed by atoms with E-state index in [-0.39, 0.29) is 20.6 Å². The van der Waals surface area contributed by atoms with E-state index >= 15 is 0 Å². The number of sulfonamides is 1. The van der Waals surface area contributed by atoms with Crippen LogP contribution >= 0.6 is 46.4 Å². The van der Waals surface area contributed by atoms with E-state index in [9.17, 15) is 8.42 Å². The summed E-state index contributed by atoms with van der Waals surface area (Å²) in [5.74, 6) is 0.776. The summed E-state index contributed by atoms with van der Waals surface area (Å²) < 4.78 is 35.1. The summed E-state index contributed by atoms with van der Waals surface area (Å²) in [7, 11) is -3.94. The third-order valence-electron chi connectivity index (χ3n) is 4.25. The zero-order valence-electron chi connectivity index (χ0n) is 16.0. The summed E-state index contributed by atoms with van der Waals surface area (Å²) in [6.07, 6.45) is 3.21. The second-order valence-electron chi connectivity index (χ2n) is 6.52. The van der Waals surface area contributed by atoms with E-state index < -0.39 is 10.0 Å². The van der Waals surface area contributed by atoms with Crippen molar-refractivity contribution in [2.75, 3.05) is 4.72 Å². The molecule has 32 heavy (non-hydrogen) atoms. The van der Waals surface area contributed by atoms with Gasteiger partial charge in [0.05, 0.1) is 33.8 Å². The fourth-order valence-corrected chi connectivity index (χ4v) is 4.94. The summed E-state index contributed by atoms with van der Waals surface area (Å²) >= 11 is 24.1. The highest BCUT2D eigenvalue weighted by Gasteiger charge is 2.19. The minimum atomic E-state index is -3.94. The molecule has 0 radical (unpaired) electrons. The Hall–Kier alpha value is -2.42. The number of halogens is 4. The fraction of sp³-hybridized carbons (Fsp3) is 0. The van der Waals surface area contributed by atoms with Gasteiger partial charge in [0.25, 0.3) is 10.0 Å². The van der Waals surface area contributed by atoms with Gasteiger partial charge in [-0.1, -0.05) is 46.4 Å². The fourth-order valence-electron chi connectivity index (χ4n) is 2.77. The Kier molecular flexibility index (Phi) is 6.55. The molecular weight excluding hydrogens is 516 g/mol. The zero-order chi connectivity index (χ0) is 22.9. The van der Waals surface area contributed by atoms with Crippen LogP contribution in [0.15, 0.2) is 78.0 Å². The number of hydrogen-bond donors (Lipinski definition) is 1. The number of aromatic nitrogens is 2. The smallest absolute Gasteiger partial charge is 0.263 e. The van der Waals surface area contributed by atoms with Gasteiger partial charge < -0.3 is 4.74 Å². The van der Waals surface area contributed by atoms with Gasteiger partial charge in [-0.3, -0.25) is 4.72 Å². The van der Waals surface area contributed by atoms with E-state index in [4.69, 9.17) is 51.1 Å². The predicted molar refractivity (Wildman–Crippen MR) is 127 cm³/mol. The molecule has 0 aliphatic heterocycles. The normalized spacial score (nSPS) is 11.4. The van der Waals surface area contributed by atoms with Gasteiger partial charge in [-0.05, 0) is 60.7 Å². The molecule has 1 N–H and O–H groups in total. The Bertz CT molecular complexity index is 1390. The first-order valence-corrected chi connectivity index (χ1v) is 12.0. The first-order valence-electron chi connectivity index (χ1n) is 8.97. The van der Waals surface area contributed by atoms with Crippen molar-refractivity contribution in [1.82, 2.24) is 9.78 Å². The summed E-state index contributed by atoms with van der Waals surface area (Å²) in [4.78, 5) is -0.102. The summed E-state index contributed by atoms with van der Waals surface area (Å²) in [6, 6.07) is 15.8. The molecule has 0 aliphatic carbocycles. The predicted octanol–water partition coefficient (Wildman–Crippen LogP) is 7.08. The van der Waals surface area contributed by atoms with E-state index in [0.717, 1.165) is 5.69 Å². The van der Waals surface area contributed by atoms with Crippen LogP contribution in [0.3, 0.4) is 0 Å². The van der Waals surface area contributed by atoms with Gasteiger partial charge in [-0.2, -0.15) is 5.10 Å². The highest BCUT2D eigenvalue weighted by atomic mass is 35.5. The van der Waals surface area contributed by atoms with Crippen molar-refractivity contribution in [3.63, 3.8) is 0 Å². The molecule has 0 unspecified atom stereocenters. The number of rotatable bonds is 6. The lowest BCUT2D eigenvalue weighted by Gasteiger charge is -2.11. The van der Waals surface area contributed by atoms with Crippen LogP contribution in [0.2, 0.25) is 20.1 Å². The lowest BCUT2D eigenvalue weighted by atomic mass is 10.3. The summed E-state index contributed by atoms with van der Waals surface area (Å²) in [6.45, 7) is 0. The molecule has 0 saturated carbocycles. The maximum absolute atomic E-state index is 12.6. The lowest BCUT2D eigenvalue weighted by molar-refractivity contribution is 0.483. The molecule has 4 aromatic rings. The van der Waals surface area contributed by atoms with Crippen LogP contribution < -0.4 is 9.46 Å². The van der Waals surface area contributed by atoms with Crippen molar-refractivity contribution < 1.29 is 13.2 Å². The highest BCUT2D eigenvalue weighted by molar-refractivity contribution is 7.92. The summed E-state index contributed by atoms with van der Waals surface area (Å²) in [5, 5.41) is 5.41. The number of nitrogens with zero attached hydrogens (tertiary/aromatic N) is 2. The first-order chi connectivity index (χ1) is 15.2. The molecule has 1 heterocycles. The number of anilines is 1. The molecule has 0 bridgehead atoms. The second-order valence-corrected chi connectivity index (χ2v) is 9.86. The zero-order valence-corrected chi connectivity index (χ0v) is 19.8. The SMILES string of the molecule is O=S(=O)(Nc1ccc(Oc2cnn(-c3ccc(Cl)cc3)c2)c(Cl)c1)c1ccc(Cl)cc1Cl. The van der Waals surface area contributed by atoms with Gasteiger partial charge in [0, 0.05) is 10.0 Å². The lowest BCUT2D eigenvalue weighted by Crippen LogP contribution is -2.13. The Morgan fingerprint density at radius 2 is 1.56 bits per heavy atom. The van der Waals surface area contributed by atoms with Crippen LogP contribution in [-0.4, -0.2) is 18.2 Å². The van der Waals surface area contributed by atoms with Crippen LogP contribution in [0.25, 0.3) is 5.69 Å². The second kappa shape index (κ2) is 9.21. The van der Waals surface area contributed by atoms with Crippen LogP contribution in [-0.2, 0) is 10.0 Å². The first kappa shape index (κ1) is 22.8. The van der Waals surface area contributed by atoms with Crippen LogP contribution in [0.5, 0.6) is 11.5 Å². The molecule has 6 nitrogen and oxygen atoms in total. The monoisotopic (exact) mass is 527 g/mol. The third kappa shape index (κ3) is 5.14. The third-order valence-corrected chi connectivity index (χ3v) is 6.89. The Labute approximate surface area is 204 Å². The number of hydrogen-bond acceptors (Lipinski definition) is 4. The van der Waals surface area contributed by atoms with Gasteiger partial charge in [0.2, 0.25) is 0 Å². The maximum Gasteiger partial charge on any atom is 0.263 e. The maximum atomic E-state index is 12.6. The van der Waals surface area contributed by atoms with Gasteiger partial charge in [0.15, 0.2) is 5.75 Å². The van der Waals surface area contributed by atoms with Gasteiger partial charge in [-0.25, -0.2) is 13.1 Å². The molecule has 3 aromatic carbocycles. The molecule has 0 fully saturated rings. The van der Waals surface area contributed by atoms with Crippen molar-refractivity contribution in [1.29, 1.82) is 0 Å².